The molecule has 7 nitrogen and oxygen atoms in total. The van der Waals surface area contributed by atoms with Gasteiger partial charge in [-0.3, -0.25) is 0 Å². The molecule has 1 saturated heterocycles. The van der Waals surface area contributed by atoms with E-state index in [1.165, 1.54) is 5.69 Å². The highest BCUT2D eigenvalue weighted by molar-refractivity contribution is 5.85. The van der Waals surface area contributed by atoms with Crippen molar-refractivity contribution in [2.45, 2.75) is 0 Å². The zero-order valence-electron chi connectivity index (χ0n) is 14.7. The number of nitrogens with zero attached hydrogens (tertiary/aromatic N) is 5. The summed E-state index contributed by atoms with van der Waals surface area (Å²) < 4.78 is 1.81. The van der Waals surface area contributed by atoms with Crippen LogP contribution < -0.4 is 10.6 Å². The average molecular weight is 347 g/mol. The van der Waals surface area contributed by atoms with Gasteiger partial charge in [0.2, 0.25) is 5.95 Å². The van der Waals surface area contributed by atoms with Gasteiger partial charge in [-0.05, 0) is 43.4 Å². The van der Waals surface area contributed by atoms with E-state index in [4.69, 9.17) is 10.7 Å². The molecule has 0 saturated carbocycles. The first-order valence-corrected chi connectivity index (χ1v) is 8.84. The first kappa shape index (κ1) is 15.2. The number of hydrogen-bond acceptors (Lipinski definition) is 5. The van der Waals surface area contributed by atoms with E-state index in [-0.39, 0.29) is 0 Å². The second-order valence-electron chi connectivity index (χ2n) is 6.93. The fourth-order valence-electron chi connectivity index (χ4n) is 3.55. The van der Waals surface area contributed by atoms with E-state index in [1.54, 1.807) is 4.68 Å². The van der Waals surface area contributed by atoms with E-state index < -0.39 is 0 Å². The highest BCUT2D eigenvalue weighted by atomic mass is 15.3. The number of nitrogens with two attached hydrogens (primary N) is 1. The van der Waals surface area contributed by atoms with Gasteiger partial charge in [0.15, 0.2) is 0 Å². The van der Waals surface area contributed by atoms with Crippen molar-refractivity contribution < 1.29 is 0 Å². The summed E-state index contributed by atoms with van der Waals surface area (Å²) in [7, 11) is 2.17. The number of hydrogen-bond donors (Lipinski definition) is 2. The molecule has 1 aliphatic rings. The molecule has 0 aliphatic carbocycles. The number of H-pyrrole nitrogens is 1. The van der Waals surface area contributed by atoms with Crippen LogP contribution in [0, 0.1) is 0 Å². The Labute approximate surface area is 151 Å². The topological polar surface area (TPSA) is 79.0 Å². The minimum Gasteiger partial charge on any atom is -0.399 e. The number of nitrogens with one attached hydrogen (secondary N) is 1. The Hall–Kier alpha value is -3.06. The number of piperazine rings is 1. The number of fused-ring (bicyclic) bond motifs is 2. The van der Waals surface area contributed by atoms with Crippen LogP contribution in [-0.4, -0.2) is 57.9 Å². The van der Waals surface area contributed by atoms with Crippen molar-refractivity contribution in [3.63, 3.8) is 0 Å². The fraction of sp³-hybridized carbons (Fsp3) is 0.263. The maximum Gasteiger partial charge on any atom is 0.229 e. The quantitative estimate of drug-likeness (QED) is 0.544. The summed E-state index contributed by atoms with van der Waals surface area (Å²) in [6.45, 7) is 4.28. The van der Waals surface area contributed by atoms with Gasteiger partial charge >= 0.3 is 0 Å². The molecule has 0 radical (unpaired) electrons. The predicted octanol–water partition coefficient (Wildman–Crippen LogP) is 2.24. The van der Waals surface area contributed by atoms with Crippen LogP contribution in [0.25, 0.3) is 27.9 Å². The number of rotatable bonds is 2. The van der Waals surface area contributed by atoms with Crippen molar-refractivity contribution in [2.75, 3.05) is 43.9 Å². The van der Waals surface area contributed by atoms with Gasteiger partial charge in [-0.1, -0.05) is 0 Å². The minimum absolute atomic E-state index is 0.705. The lowest BCUT2D eigenvalue weighted by atomic mass is 10.2. The van der Waals surface area contributed by atoms with E-state index in [2.05, 4.69) is 45.1 Å². The molecule has 3 N–H and O–H groups in total. The molecule has 0 unspecified atom stereocenters. The van der Waals surface area contributed by atoms with Crippen LogP contribution in [0.15, 0.2) is 42.6 Å². The molecule has 0 amide bonds. The summed E-state index contributed by atoms with van der Waals surface area (Å²) in [4.78, 5) is 12.9. The van der Waals surface area contributed by atoms with E-state index in [1.807, 2.05) is 24.4 Å². The van der Waals surface area contributed by atoms with Crippen molar-refractivity contribution in [2.24, 2.45) is 0 Å². The minimum atomic E-state index is 0.705. The van der Waals surface area contributed by atoms with Gasteiger partial charge in [0, 0.05) is 42.9 Å². The molecule has 2 aromatic carbocycles. The Balaban J connectivity index is 1.54. The van der Waals surface area contributed by atoms with Crippen LogP contribution in [0.2, 0.25) is 0 Å². The molecule has 1 aliphatic heterocycles. The van der Waals surface area contributed by atoms with Gasteiger partial charge in [0.25, 0.3) is 0 Å². The van der Waals surface area contributed by atoms with Crippen molar-refractivity contribution >= 4 is 33.3 Å². The number of aromatic nitrogens is 4. The number of likely N-dealkylation sites (N-methyl/N-ethyl adjacent to an activating group) is 1. The maximum atomic E-state index is 5.94. The Bertz CT molecular complexity index is 1090. The Kier molecular flexibility index (Phi) is 3.36. The van der Waals surface area contributed by atoms with Crippen LogP contribution in [0.1, 0.15) is 0 Å². The number of benzene rings is 2. The lowest BCUT2D eigenvalue weighted by Gasteiger charge is -2.34. The summed E-state index contributed by atoms with van der Waals surface area (Å²) >= 11 is 0. The first-order chi connectivity index (χ1) is 12.7. The standard InChI is InChI=1S/C19H21N7/c1-24-6-8-25(9-7-24)15-4-5-16-17(11-15)23-19(22-16)26-18-10-14(20)3-2-13(18)12-21-26/h2-5,10-12H,6-9,20H2,1H3,(H,22,23). The molecular weight excluding hydrogens is 326 g/mol. The normalized spacial score (nSPS) is 16.0. The molecule has 132 valence electrons. The zero-order valence-corrected chi connectivity index (χ0v) is 14.7. The fourth-order valence-corrected chi connectivity index (χ4v) is 3.55. The van der Waals surface area contributed by atoms with E-state index in [9.17, 15) is 0 Å². The number of aromatic amines is 1. The van der Waals surface area contributed by atoms with Crippen LogP contribution in [0.3, 0.4) is 0 Å². The Morgan fingerprint density at radius 2 is 1.88 bits per heavy atom. The van der Waals surface area contributed by atoms with Crippen LogP contribution in [0.5, 0.6) is 0 Å². The zero-order chi connectivity index (χ0) is 17.7. The van der Waals surface area contributed by atoms with Crippen molar-refractivity contribution in [3.8, 4) is 5.95 Å². The monoisotopic (exact) mass is 347 g/mol. The van der Waals surface area contributed by atoms with E-state index in [0.717, 1.165) is 48.1 Å². The molecule has 1 fully saturated rings. The Morgan fingerprint density at radius 3 is 2.73 bits per heavy atom. The highest BCUT2D eigenvalue weighted by Crippen LogP contribution is 2.24. The average Bonchev–Trinajstić information content (AvgIpc) is 3.24. The second kappa shape index (κ2) is 5.74. The van der Waals surface area contributed by atoms with Gasteiger partial charge in [-0.2, -0.15) is 9.78 Å². The van der Waals surface area contributed by atoms with Gasteiger partial charge < -0.3 is 20.5 Å². The summed E-state index contributed by atoms with van der Waals surface area (Å²) in [5.74, 6) is 0.705. The summed E-state index contributed by atoms with van der Waals surface area (Å²) in [6, 6.07) is 12.2. The third-order valence-corrected chi connectivity index (χ3v) is 5.12. The SMILES string of the molecule is CN1CCN(c2ccc3nc(-n4ncc5ccc(N)cc54)[nH]c3c2)CC1. The molecule has 5 rings (SSSR count). The van der Waals surface area contributed by atoms with Gasteiger partial charge in [-0.15, -0.1) is 0 Å². The van der Waals surface area contributed by atoms with Crippen molar-refractivity contribution in [1.29, 1.82) is 0 Å². The predicted molar refractivity (Wildman–Crippen MR) is 105 cm³/mol. The molecular formula is C19H21N7. The van der Waals surface area contributed by atoms with E-state index >= 15 is 0 Å². The first-order valence-electron chi connectivity index (χ1n) is 8.84. The Morgan fingerprint density at radius 1 is 1.04 bits per heavy atom. The van der Waals surface area contributed by atoms with Crippen LogP contribution in [-0.2, 0) is 0 Å². The summed E-state index contributed by atoms with van der Waals surface area (Å²) in [5.41, 5.74) is 10.8. The lowest BCUT2D eigenvalue weighted by Crippen LogP contribution is -2.44. The van der Waals surface area contributed by atoms with Crippen molar-refractivity contribution in [3.05, 3.63) is 42.6 Å². The highest BCUT2D eigenvalue weighted by Gasteiger charge is 2.16. The molecule has 0 bridgehead atoms. The molecule has 2 aromatic heterocycles. The second-order valence-corrected chi connectivity index (χ2v) is 6.93. The summed E-state index contributed by atoms with van der Waals surface area (Å²) in [6.07, 6.45) is 1.83. The largest absolute Gasteiger partial charge is 0.399 e. The molecule has 0 spiro atoms. The molecule has 4 aromatic rings. The van der Waals surface area contributed by atoms with Gasteiger partial charge in [0.05, 0.1) is 22.7 Å². The third-order valence-electron chi connectivity index (χ3n) is 5.12. The smallest absolute Gasteiger partial charge is 0.229 e. The van der Waals surface area contributed by atoms with Gasteiger partial charge in [0.1, 0.15) is 0 Å². The van der Waals surface area contributed by atoms with Crippen LogP contribution in [0.4, 0.5) is 11.4 Å². The maximum absolute atomic E-state index is 5.94. The molecule has 0 atom stereocenters. The van der Waals surface area contributed by atoms with Crippen molar-refractivity contribution in [1.82, 2.24) is 24.6 Å². The number of anilines is 2. The lowest BCUT2D eigenvalue weighted by molar-refractivity contribution is 0.313. The van der Waals surface area contributed by atoms with E-state index in [0.29, 0.717) is 11.6 Å². The number of imidazole rings is 1. The van der Waals surface area contributed by atoms with Gasteiger partial charge in [-0.25, -0.2) is 4.98 Å². The molecule has 26 heavy (non-hydrogen) atoms. The third kappa shape index (κ3) is 2.48. The number of nitrogen functional groups attached to an aromatic ring is 1. The molecule has 3 heterocycles. The van der Waals surface area contributed by atoms with Crippen LogP contribution >= 0.6 is 0 Å². The molecule has 7 heteroatoms. The summed E-state index contributed by atoms with van der Waals surface area (Å²) in [5, 5.41) is 5.51.